The molecule has 34 heavy (non-hydrogen) atoms. The Hall–Kier alpha value is -2.83. The standard InChI is InChI=1S/C27H28ClFN2O2S/c1-2-30-27(33)25(16-20-6-4-3-5-7-20)31(17-21-8-12-23(28)13-9-21)26(32)19-34-18-22-10-14-24(29)15-11-22/h3-15,25H,2,16-19H2,1H3,(H,30,33)/t25-/m1/s1. The lowest BCUT2D eigenvalue weighted by molar-refractivity contribution is -0.139. The first-order valence-corrected chi connectivity index (χ1v) is 12.7. The molecule has 4 nitrogen and oxygen atoms in total. The molecular formula is C27H28ClFN2O2S. The maximum Gasteiger partial charge on any atom is 0.243 e. The Kier molecular flexibility index (Phi) is 9.98. The lowest BCUT2D eigenvalue weighted by atomic mass is 10.0. The second-order valence-electron chi connectivity index (χ2n) is 7.87. The average molecular weight is 499 g/mol. The molecule has 0 saturated heterocycles. The minimum absolute atomic E-state index is 0.130. The van der Waals surface area contributed by atoms with Gasteiger partial charge in [-0.05, 0) is 47.9 Å². The maximum absolute atomic E-state index is 13.4. The number of thioether (sulfide) groups is 1. The average Bonchev–Trinajstić information content (AvgIpc) is 2.84. The molecule has 3 rings (SSSR count). The first kappa shape index (κ1) is 25.8. The molecule has 2 amide bonds. The van der Waals surface area contributed by atoms with Crippen LogP contribution < -0.4 is 5.32 Å². The molecule has 0 saturated carbocycles. The van der Waals surface area contributed by atoms with Gasteiger partial charge >= 0.3 is 0 Å². The lowest BCUT2D eigenvalue weighted by Crippen LogP contribution is -2.51. The van der Waals surface area contributed by atoms with Gasteiger partial charge in [-0.15, -0.1) is 11.8 Å². The molecule has 3 aromatic rings. The van der Waals surface area contributed by atoms with Crippen molar-refractivity contribution < 1.29 is 14.0 Å². The summed E-state index contributed by atoms with van der Waals surface area (Å²) in [6.07, 6.45) is 0.411. The highest BCUT2D eigenvalue weighted by molar-refractivity contribution is 7.99. The Balaban J connectivity index is 1.81. The van der Waals surface area contributed by atoms with Gasteiger partial charge in [0.25, 0.3) is 0 Å². The van der Waals surface area contributed by atoms with E-state index < -0.39 is 6.04 Å². The predicted octanol–water partition coefficient (Wildman–Crippen LogP) is 5.49. The predicted molar refractivity (Wildman–Crippen MR) is 137 cm³/mol. The van der Waals surface area contributed by atoms with Crippen molar-refractivity contribution in [2.45, 2.75) is 31.7 Å². The largest absolute Gasteiger partial charge is 0.355 e. The first-order valence-electron chi connectivity index (χ1n) is 11.1. The van der Waals surface area contributed by atoms with E-state index in [4.69, 9.17) is 11.6 Å². The van der Waals surface area contributed by atoms with Gasteiger partial charge < -0.3 is 10.2 Å². The molecule has 0 spiro atoms. The zero-order valence-corrected chi connectivity index (χ0v) is 20.6. The van der Waals surface area contributed by atoms with Crippen LogP contribution in [0.5, 0.6) is 0 Å². The Morgan fingerprint density at radius 2 is 1.59 bits per heavy atom. The van der Waals surface area contributed by atoms with Crippen molar-refractivity contribution in [3.63, 3.8) is 0 Å². The van der Waals surface area contributed by atoms with Crippen LogP contribution in [0.1, 0.15) is 23.6 Å². The molecule has 0 bridgehead atoms. The monoisotopic (exact) mass is 498 g/mol. The second-order valence-corrected chi connectivity index (χ2v) is 9.29. The molecule has 0 aliphatic rings. The van der Waals surface area contributed by atoms with Crippen molar-refractivity contribution >= 4 is 35.2 Å². The van der Waals surface area contributed by atoms with Gasteiger partial charge in [-0.2, -0.15) is 0 Å². The van der Waals surface area contributed by atoms with Gasteiger partial charge in [-0.25, -0.2) is 4.39 Å². The molecular weight excluding hydrogens is 471 g/mol. The first-order chi connectivity index (χ1) is 16.5. The number of rotatable bonds is 11. The third-order valence-electron chi connectivity index (χ3n) is 5.30. The number of carbonyl (C=O) groups is 2. The van der Waals surface area contributed by atoms with E-state index in [1.165, 1.54) is 23.9 Å². The SMILES string of the molecule is CCNC(=O)[C@@H](Cc1ccccc1)N(Cc1ccc(Cl)cc1)C(=O)CSCc1ccc(F)cc1. The van der Waals surface area contributed by atoms with E-state index in [0.29, 0.717) is 30.3 Å². The topological polar surface area (TPSA) is 49.4 Å². The van der Waals surface area contributed by atoms with E-state index in [-0.39, 0.29) is 23.4 Å². The summed E-state index contributed by atoms with van der Waals surface area (Å²) >= 11 is 7.48. The lowest BCUT2D eigenvalue weighted by Gasteiger charge is -2.31. The number of amides is 2. The minimum Gasteiger partial charge on any atom is -0.355 e. The van der Waals surface area contributed by atoms with Gasteiger partial charge in [0, 0.05) is 30.3 Å². The van der Waals surface area contributed by atoms with Crippen LogP contribution in [0, 0.1) is 5.82 Å². The summed E-state index contributed by atoms with van der Waals surface area (Å²) in [5.74, 6) is 0.178. The summed E-state index contributed by atoms with van der Waals surface area (Å²) in [5.41, 5.74) is 2.81. The Morgan fingerprint density at radius 3 is 2.24 bits per heavy atom. The van der Waals surface area contributed by atoms with Crippen LogP contribution in [0.4, 0.5) is 4.39 Å². The smallest absolute Gasteiger partial charge is 0.243 e. The van der Waals surface area contributed by atoms with Crippen LogP contribution in [-0.4, -0.2) is 35.1 Å². The van der Waals surface area contributed by atoms with Crippen LogP contribution >= 0.6 is 23.4 Å². The molecule has 0 unspecified atom stereocenters. The summed E-state index contributed by atoms with van der Waals surface area (Å²) < 4.78 is 13.2. The summed E-state index contributed by atoms with van der Waals surface area (Å²) in [5, 5.41) is 3.50. The van der Waals surface area contributed by atoms with Gasteiger partial charge in [0.05, 0.1) is 5.75 Å². The minimum atomic E-state index is -0.656. The van der Waals surface area contributed by atoms with Gasteiger partial charge in [0.1, 0.15) is 11.9 Å². The molecule has 0 aliphatic heterocycles. The van der Waals surface area contributed by atoms with E-state index in [2.05, 4.69) is 5.32 Å². The van der Waals surface area contributed by atoms with Crippen molar-refractivity contribution in [1.29, 1.82) is 0 Å². The molecule has 7 heteroatoms. The molecule has 178 valence electrons. The van der Waals surface area contributed by atoms with Gasteiger partial charge in [0.15, 0.2) is 0 Å². The van der Waals surface area contributed by atoms with Crippen LogP contribution in [0.15, 0.2) is 78.9 Å². The molecule has 1 N–H and O–H groups in total. The summed E-state index contributed by atoms with van der Waals surface area (Å²) in [7, 11) is 0. The fourth-order valence-corrected chi connectivity index (χ4v) is 4.55. The number of benzene rings is 3. The van der Waals surface area contributed by atoms with Crippen molar-refractivity contribution in [3.8, 4) is 0 Å². The molecule has 0 aromatic heterocycles. The molecule has 0 heterocycles. The zero-order chi connectivity index (χ0) is 24.3. The van der Waals surface area contributed by atoms with Gasteiger partial charge in [-0.1, -0.05) is 66.2 Å². The Labute approximate surface area is 209 Å². The number of carbonyl (C=O) groups excluding carboxylic acids is 2. The van der Waals surface area contributed by atoms with E-state index in [0.717, 1.165) is 16.7 Å². The van der Waals surface area contributed by atoms with Gasteiger partial charge in [-0.3, -0.25) is 9.59 Å². The van der Waals surface area contributed by atoms with Crippen molar-refractivity contribution in [2.75, 3.05) is 12.3 Å². The summed E-state index contributed by atoms with van der Waals surface area (Å²) in [6, 6.07) is 22.6. The van der Waals surface area contributed by atoms with Crippen molar-refractivity contribution in [1.82, 2.24) is 10.2 Å². The Bertz CT molecular complexity index is 1060. The number of halogens is 2. The molecule has 0 aliphatic carbocycles. The summed E-state index contributed by atoms with van der Waals surface area (Å²) in [6.45, 7) is 2.63. The number of likely N-dealkylation sites (N-methyl/N-ethyl adjacent to an activating group) is 1. The fourth-order valence-electron chi connectivity index (χ4n) is 3.55. The Morgan fingerprint density at radius 1 is 0.941 bits per heavy atom. The van der Waals surface area contributed by atoms with Gasteiger partial charge in [0.2, 0.25) is 11.8 Å². The van der Waals surface area contributed by atoms with E-state index in [1.54, 1.807) is 29.2 Å². The third kappa shape index (κ3) is 7.89. The molecule has 1 atom stereocenters. The summed E-state index contributed by atoms with van der Waals surface area (Å²) in [4.78, 5) is 28.2. The number of nitrogens with zero attached hydrogens (tertiary/aromatic N) is 1. The molecule has 3 aromatic carbocycles. The quantitative estimate of drug-likeness (QED) is 0.380. The van der Waals surface area contributed by atoms with E-state index in [9.17, 15) is 14.0 Å². The zero-order valence-electron chi connectivity index (χ0n) is 19.0. The fraction of sp³-hybridized carbons (Fsp3) is 0.259. The van der Waals surface area contributed by atoms with Crippen molar-refractivity contribution in [3.05, 3.63) is 106 Å². The van der Waals surface area contributed by atoms with Crippen LogP contribution in [-0.2, 0) is 28.3 Å². The maximum atomic E-state index is 13.4. The molecule has 0 radical (unpaired) electrons. The number of nitrogens with one attached hydrogen (secondary N) is 1. The highest BCUT2D eigenvalue weighted by atomic mass is 35.5. The third-order valence-corrected chi connectivity index (χ3v) is 6.54. The normalized spacial score (nSPS) is 11.6. The van der Waals surface area contributed by atoms with Crippen LogP contribution in [0.25, 0.3) is 0 Å². The second kappa shape index (κ2) is 13.2. The molecule has 0 fully saturated rings. The number of hydrogen-bond donors (Lipinski definition) is 1. The van der Waals surface area contributed by atoms with Crippen molar-refractivity contribution in [2.24, 2.45) is 0 Å². The highest BCUT2D eigenvalue weighted by Gasteiger charge is 2.30. The highest BCUT2D eigenvalue weighted by Crippen LogP contribution is 2.19. The van der Waals surface area contributed by atoms with E-state index in [1.807, 2.05) is 49.4 Å². The van der Waals surface area contributed by atoms with Crippen LogP contribution in [0.2, 0.25) is 5.02 Å². The number of hydrogen-bond acceptors (Lipinski definition) is 3. The van der Waals surface area contributed by atoms with E-state index >= 15 is 0 Å². The van der Waals surface area contributed by atoms with Crippen LogP contribution in [0.3, 0.4) is 0 Å².